The van der Waals surface area contributed by atoms with Gasteiger partial charge in [-0.25, -0.2) is 4.98 Å². The van der Waals surface area contributed by atoms with E-state index in [0.717, 1.165) is 32.7 Å². The number of hydrogen-bond donors (Lipinski definition) is 1. The Balaban J connectivity index is 2.21. The number of imidazole rings is 1. The summed E-state index contributed by atoms with van der Waals surface area (Å²) in [6.07, 6.45) is 0. The lowest BCUT2D eigenvalue weighted by Crippen LogP contribution is -1.94. The van der Waals surface area contributed by atoms with Gasteiger partial charge >= 0.3 is 0 Å². The number of aryl methyl sites for hydroxylation is 2. The number of rotatable bonds is 1. The van der Waals surface area contributed by atoms with Gasteiger partial charge in [-0.15, -0.1) is 0 Å². The van der Waals surface area contributed by atoms with E-state index in [0.29, 0.717) is 0 Å². The third-order valence-electron chi connectivity index (χ3n) is 2.69. The van der Waals surface area contributed by atoms with Crippen molar-refractivity contribution in [3.63, 3.8) is 0 Å². The molecular weight excluding hydrogens is 280 g/mol. The molecule has 86 valence electrons. The van der Waals surface area contributed by atoms with Crippen molar-refractivity contribution in [3.8, 4) is 11.5 Å². The van der Waals surface area contributed by atoms with Gasteiger partial charge in [-0.1, -0.05) is 15.9 Å². The number of nitrogens with one attached hydrogen (secondary N) is 1. The third-order valence-corrected chi connectivity index (χ3v) is 3.18. The van der Waals surface area contributed by atoms with Crippen LogP contribution in [0, 0.1) is 6.92 Å². The van der Waals surface area contributed by atoms with Crippen molar-refractivity contribution in [2.45, 2.75) is 6.92 Å². The summed E-state index contributed by atoms with van der Waals surface area (Å²) in [7, 11) is 1.92. The highest BCUT2D eigenvalue weighted by Crippen LogP contribution is 2.23. The second-order valence-corrected chi connectivity index (χ2v) is 4.96. The molecule has 17 heavy (non-hydrogen) atoms. The van der Waals surface area contributed by atoms with Crippen LogP contribution in [-0.4, -0.2) is 19.7 Å². The fraction of sp³-hybridized carbons (Fsp3) is 0.167. The van der Waals surface area contributed by atoms with Crippen LogP contribution in [0.1, 0.15) is 5.69 Å². The van der Waals surface area contributed by atoms with Crippen molar-refractivity contribution in [2.75, 3.05) is 0 Å². The Bertz CT molecular complexity index is 696. The lowest BCUT2D eigenvalue weighted by atomic mass is 10.3. The Morgan fingerprint density at radius 1 is 1.29 bits per heavy atom. The van der Waals surface area contributed by atoms with E-state index in [2.05, 4.69) is 31.0 Å². The SMILES string of the molecule is Cc1cc(-c2nc3ccc(Br)cc3[nH]2)n(C)n1. The van der Waals surface area contributed by atoms with E-state index in [1.165, 1.54) is 0 Å². The van der Waals surface area contributed by atoms with Gasteiger partial charge in [0.1, 0.15) is 5.69 Å². The standard InChI is InChI=1S/C12H11BrN4/c1-7-5-11(17(2)16-7)12-14-9-4-3-8(13)6-10(9)15-12/h3-6H,1-2H3,(H,14,15). The average molecular weight is 291 g/mol. The summed E-state index contributed by atoms with van der Waals surface area (Å²) in [6, 6.07) is 8.02. The summed E-state index contributed by atoms with van der Waals surface area (Å²) in [4.78, 5) is 7.87. The molecule has 0 aliphatic carbocycles. The summed E-state index contributed by atoms with van der Waals surface area (Å²) >= 11 is 3.45. The molecule has 0 atom stereocenters. The molecule has 3 aromatic rings. The highest BCUT2D eigenvalue weighted by Gasteiger charge is 2.10. The summed E-state index contributed by atoms with van der Waals surface area (Å²) < 4.78 is 2.88. The van der Waals surface area contributed by atoms with Gasteiger partial charge in [-0.05, 0) is 31.2 Å². The van der Waals surface area contributed by atoms with Gasteiger partial charge in [0.15, 0.2) is 5.82 Å². The van der Waals surface area contributed by atoms with Gasteiger partial charge in [0.2, 0.25) is 0 Å². The molecule has 0 aliphatic heterocycles. The minimum atomic E-state index is 0.848. The van der Waals surface area contributed by atoms with E-state index >= 15 is 0 Å². The minimum absolute atomic E-state index is 0.848. The van der Waals surface area contributed by atoms with E-state index in [-0.39, 0.29) is 0 Å². The highest BCUT2D eigenvalue weighted by molar-refractivity contribution is 9.10. The van der Waals surface area contributed by atoms with Gasteiger partial charge in [0.25, 0.3) is 0 Å². The lowest BCUT2D eigenvalue weighted by Gasteiger charge is -1.95. The van der Waals surface area contributed by atoms with E-state index in [1.807, 2.05) is 42.9 Å². The van der Waals surface area contributed by atoms with Gasteiger partial charge in [0.05, 0.1) is 16.7 Å². The number of nitrogens with zero attached hydrogens (tertiary/aromatic N) is 3. The van der Waals surface area contributed by atoms with E-state index < -0.39 is 0 Å². The molecule has 0 bridgehead atoms. The van der Waals surface area contributed by atoms with Crippen LogP contribution in [0.2, 0.25) is 0 Å². The Morgan fingerprint density at radius 3 is 2.82 bits per heavy atom. The summed E-state index contributed by atoms with van der Waals surface area (Å²) in [5.41, 5.74) is 3.97. The molecule has 0 saturated heterocycles. The fourth-order valence-electron chi connectivity index (χ4n) is 1.94. The van der Waals surface area contributed by atoms with Crippen LogP contribution in [0.25, 0.3) is 22.6 Å². The molecule has 0 amide bonds. The van der Waals surface area contributed by atoms with Gasteiger partial charge < -0.3 is 4.98 Å². The highest BCUT2D eigenvalue weighted by atomic mass is 79.9. The number of halogens is 1. The molecule has 0 spiro atoms. The van der Waals surface area contributed by atoms with Crippen LogP contribution >= 0.6 is 15.9 Å². The molecule has 3 rings (SSSR count). The normalized spacial score (nSPS) is 11.2. The number of benzene rings is 1. The molecule has 5 heteroatoms. The first kappa shape index (κ1) is 10.5. The van der Waals surface area contributed by atoms with E-state index in [4.69, 9.17) is 0 Å². The zero-order chi connectivity index (χ0) is 12.0. The molecule has 0 fully saturated rings. The number of aromatic nitrogens is 4. The molecule has 0 aliphatic rings. The van der Waals surface area contributed by atoms with Crippen LogP contribution in [0.5, 0.6) is 0 Å². The number of hydrogen-bond acceptors (Lipinski definition) is 2. The Morgan fingerprint density at radius 2 is 2.12 bits per heavy atom. The largest absolute Gasteiger partial charge is 0.337 e. The van der Waals surface area contributed by atoms with Crippen molar-refractivity contribution >= 4 is 27.0 Å². The maximum Gasteiger partial charge on any atom is 0.156 e. The van der Waals surface area contributed by atoms with Crippen LogP contribution in [0.15, 0.2) is 28.7 Å². The molecule has 0 radical (unpaired) electrons. The van der Waals surface area contributed by atoms with Crippen molar-refractivity contribution in [2.24, 2.45) is 7.05 Å². The summed E-state index contributed by atoms with van der Waals surface area (Å²) in [5, 5.41) is 4.32. The molecule has 0 saturated carbocycles. The Labute approximate surface area is 107 Å². The predicted octanol–water partition coefficient (Wildman–Crippen LogP) is 3.03. The maximum atomic E-state index is 4.56. The first-order valence-electron chi connectivity index (χ1n) is 5.30. The minimum Gasteiger partial charge on any atom is -0.337 e. The molecule has 2 aromatic heterocycles. The average Bonchev–Trinajstić information content (AvgIpc) is 2.80. The molecule has 1 aromatic carbocycles. The lowest BCUT2D eigenvalue weighted by molar-refractivity contribution is 0.760. The van der Waals surface area contributed by atoms with Crippen molar-refractivity contribution in [1.82, 2.24) is 19.7 Å². The molecule has 1 N–H and O–H groups in total. The molecule has 0 unspecified atom stereocenters. The molecule has 4 nitrogen and oxygen atoms in total. The van der Waals surface area contributed by atoms with Crippen molar-refractivity contribution < 1.29 is 0 Å². The van der Waals surface area contributed by atoms with Gasteiger partial charge in [-0.3, -0.25) is 4.68 Å². The van der Waals surface area contributed by atoms with Crippen LogP contribution in [0.4, 0.5) is 0 Å². The number of fused-ring (bicyclic) bond motifs is 1. The fourth-order valence-corrected chi connectivity index (χ4v) is 2.30. The van der Waals surface area contributed by atoms with Crippen LogP contribution < -0.4 is 0 Å². The molecular formula is C12H11BrN4. The monoisotopic (exact) mass is 290 g/mol. The topological polar surface area (TPSA) is 46.5 Å². The first-order chi connectivity index (χ1) is 8.13. The second kappa shape index (κ2) is 3.70. The van der Waals surface area contributed by atoms with E-state index in [1.54, 1.807) is 0 Å². The Kier molecular flexibility index (Phi) is 2.29. The molecule has 2 heterocycles. The maximum absolute atomic E-state index is 4.56. The summed E-state index contributed by atoms with van der Waals surface area (Å²) in [6.45, 7) is 1.97. The third kappa shape index (κ3) is 1.76. The first-order valence-corrected chi connectivity index (χ1v) is 6.09. The van der Waals surface area contributed by atoms with Crippen molar-refractivity contribution in [1.29, 1.82) is 0 Å². The van der Waals surface area contributed by atoms with Crippen molar-refractivity contribution in [3.05, 3.63) is 34.4 Å². The zero-order valence-corrected chi connectivity index (χ0v) is 11.1. The number of H-pyrrole nitrogens is 1. The predicted molar refractivity (Wildman–Crippen MR) is 70.7 cm³/mol. The Hall–Kier alpha value is -1.62. The van der Waals surface area contributed by atoms with Crippen LogP contribution in [0.3, 0.4) is 0 Å². The zero-order valence-electron chi connectivity index (χ0n) is 9.53. The van der Waals surface area contributed by atoms with Crippen LogP contribution in [-0.2, 0) is 7.05 Å². The number of aromatic amines is 1. The van der Waals surface area contributed by atoms with Gasteiger partial charge in [0, 0.05) is 11.5 Å². The quantitative estimate of drug-likeness (QED) is 0.749. The summed E-state index contributed by atoms with van der Waals surface area (Å²) in [5.74, 6) is 0.848. The van der Waals surface area contributed by atoms with E-state index in [9.17, 15) is 0 Å². The van der Waals surface area contributed by atoms with Gasteiger partial charge in [-0.2, -0.15) is 5.10 Å². The second-order valence-electron chi connectivity index (χ2n) is 4.04. The smallest absolute Gasteiger partial charge is 0.156 e.